The Kier molecular flexibility index (Phi) is 5.03. The lowest BCUT2D eigenvalue weighted by molar-refractivity contribution is -0.116. The molecule has 3 rings (SSSR count). The third-order valence-electron chi connectivity index (χ3n) is 4.01. The zero-order valence-corrected chi connectivity index (χ0v) is 15.2. The van der Waals surface area contributed by atoms with Gasteiger partial charge in [0.1, 0.15) is 12.4 Å². The maximum absolute atomic E-state index is 13.0. The highest BCUT2D eigenvalue weighted by atomic mass is 79.9. The van der Waals surface area contributed by atoms with Gasteiger partial charge in [-0.2, -0.15) is 0 Å². The predicted octanol–water partition coefficient (Wildman–Crippen LogP) is 3.78. The van der Waals surface area contributed by atoms with E-state index in [2.05, 4.69) is 21.2 Å². The number of benzene rings is 2. The van der Waals surface area contributed by atoms with Crippen molar-refractivity contribution in [2.24, 2.45) is 0 Å². The van der Waals surface area contributed by atoms with Crippen LogP contribution in [-0.4, -0.2) is 36.5 Å². The number of aryl methyl sites for hydroxylation is 1. The molecule has 0 spiro atoms. The Morgan fingerprint density at radius 1 is 1.20 bits per heavy atom. The highest BCUT2D eigenvalue weighted by Gasteiger charge is 2.30. The van der Waals surface area contributed by atoms with Crippen molar-refractivity contribution in [3.05, 3.63) is 58.3 Å². The second-order valence-electron chi connectivity index (χ2n) is 5.84. The zero-order chi connectivity index (χ0) is 18.0. The summed E-state index contributed by atoms with van der Waals surface area (Å²) < 4.78 is 14.0. The fourth-order valence-electron chi connectivity index (χ4n) is 2.69. The van der Waals surface area contributed by atoms with E-state index in [1.165, 1.54) is 21.9 Å². The lowest BCUT2D eigenvalue weighted by Crippen LogP contribution is -2.37. The average molecular weight is 406 g/mol. The van der Waals surface area contributed by atoms with Crippen molar-refractivity contribution in [2.45, 2.75) is 6.92 Å². The van der Waals surface area contributed by atoms with Crippen molar-refractivity contribution < 1.29 is 14.0 Å². The van der Waals surface area contributed by atoms with Gasteiger partial charge in [0.05, 0.1) is 0 Å². The van der Waals surface area contributed by atoms with Crippen molar-refractivity contribution >= 4 is 39.2 Å². The van der Waals surface area contributed by atoms with E-state index < -0.39 is 0 Å². The minimum atomic E-state index is -0.351. The first-order valence-corrected chi connectivity index (χ1v) is 8.61. The van der Waals surface area contributed by atoms with Crippen molar-refractivity contribution in [2.75, 3.05) is 29.9 Å². The molecule has 0 atom stereocenters. The fourth-order valence-corrected chi connectivity index (χ4v) is 2.93. The third kappa shape index (κ3) is 3.99. The molecule has 1 heterocycles. The zero-order valence-electron chi connectivity index (χ0n) is 13.6. The molecule has 2 aromatic rings. The highest BCUT2D eigenvalue weighted by Crippen LogP contribution is 2.22. The predicted molar refractivity (Wildman–Crippen MR) is 98.2 cm³/mol. The number of halogens is 2. The standard InChI is InChI=1S/C18H17BrFN3O2/c1-12-10-14(4-7-16(12)19)21-17(24)11-22-8-9-23(18(22)25)15-5-2-13(20)3-6-15/h2-7,10H,8-9,11H2,1H3,(H,21,24). The summed E-state index contributed by atoms with van der Waals surface area (Å²) in [6, 6.07) is 11.0. The van der Waals surface area contributed by atoms with Crippen molar-refractivity contribution in [1.29, 1.82) is 0 Å². The van der Waals surface area contributed by atoms with Crippen LogP contribution in [-0.2, 0) is 4.79 Å². The number of amides is 3. The minimum absolute atomic E-state index is 0.0222. The van der Waals surface area contributed by atoms with Gasteiger partial charge in [0.25, 0.3) is 0 Å². The Bertz CT molecular complexity index is 810. The molecule has 0 unspecified atom stereocenters. The van der Waals surface area contributed by atoms with Crippen molar-refractivity contribution in [3.63, 3.8) is 0 Å². The first-order chi connectivity index (χ1) is 11.9. The molecular weight excluding hydrogens is 389 g/mol. The molecule has 5 nitrogen and oxygen atoms in total. The molecule has 1 N–H and O–H groups in total. The Hall–Kier alpha value is -2.41. The summed E-state index contributed by atoms with van der Waals surface area (Å²) >= 11 is 3.41. The van der Waals surface area contributed by atoms with Crippen LogP contribution in [0.2, 0.25) is 0 Å². The van der Waals surface area contributed by atoms with Gasteiger partial charge in [-0.1, -0.05) is 15.9 Å². The Labute approximate surface area is 153 Å². The molecule has 0 saturated carbocycles. The fraction of sp³-hybridized carbons (Fsp3) is 0.222. The van der Waals surface area contributed by atoms with Crippen molar-refractivity contribution in [1.82, 2.24) is 4.90 Å². The lowest BCUT2D eigenvalue weighted by atomic mass is 10.2. The van der Waals surface area contributed by atoms with E-state index in [0.29, 0.717) is 24.5 Å². The molecule has 0 radical (unpaired) electrons. The number of nitrogens with one attached hydrogen (secondary N) is 1. The first-order valence-electron chi connectivity index (χ1n) is 7.82. The van der Waals surface area contributed by atoms with Gasteiger partial charge in [0.15, 0.2) is 0 Å². The summed E-state index contributed by atoms with van der Waals surface area (Å²) in [5.41, 5.74) is 2.32. The van der Waals surface area contributed by atoms with Crippen LogP contribution in [0.5, 0.6) is 0 Å². The summed E-state index contributed by atoms with van der Waals surface area (Å²) in [6.45, 7) is 2.83. The molecule has 25 heavy (non-hydrogen) atoms. The summed E-state index contributed by atoms with van der Waals surface area (Å²) in [6.07, 6.45) is 0. The quantitative estimate of drug-likeness (QED) is 0.841. The van der Waals surface area contributed by atoms with Crippen LogP contribution >= 0.6 is 15.9 Å². The second kappa shape index (κ2) is 7.23. The maximum atomic E-state index is 13.0. The number of carbonyl (C=O) groups excluding carboxylic acids is 2. The molecule has 3 amide bonds. The van der Waals surface area contributed by atoms with Gasteiger partial charge in [0.2, 0.25) is 5.91 Å². The van der Waals surface area contributed by atoms with E-state index in [1.54, 1.807) is 18.2 Å². The Balaban J connectivity index is 1.61. The van der Waals surface area contributed by atoms with Crippen LogP contribution in [0.3, 0.4) is 0 Å². The van der Waals surface area contributed by atoms with E-state index in [0.717, 1.165) is 10.0 Å². The topological polar surface area (TPSA) is 52.7 Å². The van der Waals surface area contributed by atoms with Gasteiger partial charge in [0, 0.05) is 28.9 Å². The number of rotatable bonds is 4. The SMILES string of the molecule is Cc1cc(NC(=O)CN2CCN(c3ccc(F)cc3)C2=O)ccc1Br. The molecule has 1 aliphatic rings. The number of hydrogen-bond acceptors (Lipinski definition) is 2. The highest BCUT2D eigenvalue weighted by molar-refractivity contribution is 9.10. The Morgan fingerprint density at radius 2 is 1.92 bits per heavy atom. The summed E-state index contributed by atoms with van der Waals surface area (Å²) in [5.74, 6) is -0.604. The van der Waals surface area contributed by atoms with Crippen LogP contribution in [0.4, 0.5) is 20.6 Å². The van der Waals surface area contributed by atoms with E-state index >= 15 is 0 Å². The largest absolute Gasteiger partial charge is 0.325 e. The van der Waals surface area contributed by atoms with E-state index in [9.17, 15) is 14.0 Å². The first kappa shape index (κ1) is 17.4. The molecule has 0 bridgehead atoms. The summed E-state index contributed by atoms with van der Waals surface area (Å²) in [5, 5.41) is 2.80. The van der Waals surface area contributed by atoms with Crippen LogP contribution in [0.1, 0.15) is 5.56 Å². The van der Waals surface area contributed by atoms with Crippen molar-refractivity contribution in [3.8, 4) is 0 Å². The molecule has 1 aliphatic heterocycles. The van der Waals surface area contributed by atoms with Gasteiger partial charge >= 0.3 is 6.03 Å². The van der Waals surface area contributed by atoms with Gasteiger partial charge in [-0.15, -0.1) is 0 Å². The van der Waals surface area contributed by atoms with Gasteiger partial charge in [-0.25, -0.2) is 9.18 Å². The molecule has 1 saturated heterocycles. The molecule has 130 valence electrons. The van der Waals surface area contributed by atoms with Crippen LogP contribution < -0.4 is 10.2 Å². The van der Waals surface area contributed by atoms with Gasteiger partial charge < -0.3 is 10.2 Å². The van der Waals surface area contributed by atoms with Gasteiger partial charge in [-0.3, -0.25) is 9.69 Å². The normalized spacial score (nSPS) is 14.1. The molecule has 0 aromatic heterocycles. The van der Waals surface area contributed by atoms with Crippen LogP contribution in [0.15, 0.2) is 46.9 Å². The molecule has 7 heteroatoms. The van der Waals surface area contributed by atoms with E-state index in [4.69, 9.17) is 0 Å². The Morgan fingerprint density at radius 3 is 2.60 bits per heavy atom. The maximum Gasteiger partial charge on any atom is 0.325 e. The van der Waals surface area contributed by atoms with E-state index in [1.807, 2.05) is 19.1 Å². The number of anilines is 2. The molecular formula is C18H17BrFN3O2. The minimum Gasteiger partial charge on any atom is -0.325 e. The average Bonchev–Trinajstić information content (AvgIpc) is 2.93. The smallest absolute Gasteiger partial charge is 0.325 e. The lowest BCUT2D eigenvalue weighted by Gasteiger charge is -2.18. The monoisotopic (exact) mass is 405 g/mol. The molecule has 1 fully saturated rings. The summed E-state index contributed by atoms with van der Waals surface area (Å²) in [7, 11) is 0. The molecule has 0 aliphatic carbocycles. The second-order valence-corrected chi connectivity index (χ2v) is 6.70. The van der Waals surface area contributed by atoms with E-state index in [-0.39, 0.29) is 24.3 Å². The van der Waals surface area contributed by atoms with Gasteiger partial charge in [-0.05, 0) is 55.0 Å². The number of nitrogens with zero attached hydrogens (tertiary/aromatic N) is 2. The number of carbonyl (C=O) groups is 2. The molecule has 2 aromatic carbocycles. The summed E-state index contributed by atoms with van der Waals surface area (Å²) in [4.78, 5) is 27.7. The number of urea groups is 1. The van der Waals surface area contributed by atoms with Crippen LogP contribution in [0, 0.1) is 12.7 Å². The van der Waals surface area contributed by atoms with Crippen LogP contribution in [0.25, 0.3) is 0 Å². The third-order valence-corrected chi connectivity index (χ3v) is 4.90. The number of hydrogen-bond donors (Lipinski definition) is 1.